The quantitative estimate of drug-likeness (QED) is 0.114. The fourth-order valence-electron chi connectivity index (χ4n) is 3.34. The molecule has 0 aliphatic heterocycles. The lowest BCUT2D eigenvalue weighted by Crippen LogP contribution is -2.07. The van der Waals surface area contributed by atoms with E-state index in [-0.39, 0.29) is 29.5 Å². The number of ether oxygens (including phenoxy) is 1. The van der Waals surface area contributed by atoms with Crippen LogP contribution in [0.1, 0.15) is 67.6 Å². The molecule has 32 heavy (non-hydrogen) atoms. The fourth-order valence-corrected chi connectivity index (χ4v) is 5.11. The van der Waals surface area contributed by atoms with E-state index in [2.05, 4.69) is 6.92 Å². The molecule has 1 heterocycles. The Labute approximate surface area is 213 Å². The van der Waals surface area contributed by atoms with Gasteiger partial charge in [0.1, 0.15) is 17.1 Å². The largest absolute Gasteiger partial charge is 0.506 e. The maximum atomic E-state index is 13.5. The van der Waals surface area contributed by atoms with Crippen molar-refractivity contribution in [2.24, 2.45) is 0 Å². The summed E-state index contributed by atoms with van der Waals surface area (Å²) in [7, 11) is 0. The van der Waals surface area contributed by atoms with Crippen LogP contribution >= 0.6 is 45.2 Å². The predicted molar refractivity (Wildman–Crippen MR) is 139 cm³/mol. The summed E-state index contributed by atoms with van der Waals surface area (Å²) < 4.78 is 12.5. The number of unbranched alkanes of at least 4 members (excludes halogenated alkanes) is 2. The van der Waals surface area contributed by atoms with Crippen molar-refractivity contribution in [1.82, 2.24) is 0 Å². The van der Waals surface area contributed by atoms with Crippen LogP contribution in [-0.2, 0) is 11.2 Å². The molecule has 0 fully saturated rings. The molecular weight excluding hydrogens is 638 g/mol. The van der Waals surface area contributed by atoms with Crippen LogP contribution in [-0.4, -0.2) is 22.0 Å². The molecule has 3 rings (SSSR count). The molecule has 0 atom stereocenters. The molecule has 0 aliphatic carbocycles. The van der Waals surface area contributed by atoms with Crippen LogP contribution in [0.5, 0.6) is 17.2 Å². The van der Waals surface area contributed by atoms with Crippen molar-refractivity contribution in [2.75, 3.05) is 0 Å². The first kappa shape index (κ1) is 24.8. The number of rotatable bonds is 9. The molecule has 2 aromatic carbocycles. The van der Waals surface area contributed by atoms with E-state index in [1.165, 1.54) is 12.1 Å². The molecule has 0 radical (unpaired) electrons. The number of halogens is 2. The van der Waals surface area contributed by atoms with E-state index < -0.39 is 5.97 Å². The third kappa shape index (κ3) is 5.38. The fraction of sp³-hybridized carbons (Fsp3) is 0.333. The first-order valence-electron chi connectivity index (χ1n) is 10.5. The van der Waals surface area contributed by atoms with Crippen LogP contribution in [0.2, 0.25) is 0 Å². The highest BCUT2D eigenvalue weighted by Gasteiger charge is 2.25. The number of hydrogen-bond acceptors (Lipinski definition) is 6. The van der Waals surface area contributed by atoms with Crippen molar-refractivity contribution < 1.29 is 29.0 Å². The Morgan fingerprint density at radius 2 is 1.66 bits per heavy atom. The summed E-state index contributed by atoms with van der Waals surface area (Å²) in [5, 5.41) is 21.0. The van der Waals surface area contributed by atoms with Gasteiger partial charge in [0.2, 0.25) is 0 Å². The van der Waals surface area contributed by atoms with Gasteiger partial charge in [-0.05, 0) is 76.2 Å². The van der Waals surface area contributed by atoms with E-state index in [0.717, 1.165) is 19.3 Å². The zero-order valence-electron chi connectivity index (χ0n) is 17.8. The highest BCUT2D eigenvalue weighted by atomic mass is 127. The van der Waals surface area contributed by atoms with E-state index in [4.69, 9.17) is 9.15 Å². The number of fused-ring (bicyclic) bond motifs is 1. The Kier molecular flexibility index (Phi) is 8.43. The van der Waals surface area contributed by atoms with Crippen LogP contribution in [0.3, 0.4) is 0 Å². The lowest BCUT2D eigenvalue weighted by atomic mass is 9.98. The first-order valence-corrected chi connectivity index (χ1v) is 12.6. The van der Waals surface area contributed by atoms with E-state index in [9.17, 15) is 19.8 Å². The topological polar surface area (TPSA) is 97.0 Å². The van der Waals surface area contributed by atoms with Crippen LogP contribution in [0.25, 0.3) is 11.0 Å². The first-order chi connectivity index (χ1) is 15.3. The van der Waals surface area contributed by atoms with E-state index >= 15 is 0 Å². The number of ketones is 1. The molecule has 0 amide bonds. The van der Waals surface area contributed by atoms with Crippen LogP contribution in [0.4, 0.5) is 0 Å². The zero-order valence-corrected chi connectivity index (χ0v) is 22.2. The van der Waals surface area contributed by atoms with Gasteiger partial charge in [0, 0.05) is 29.9 Å². The molecule has 8 heteroatoms. The number of hydrogen-bond donors (Lipinski definition) is 2. The van der Waals surface area contributed by atoms with Crippen LogP contribution in [0.15, 0.2) is 28.7 Å². The van der Waals surface area contributed by atoms with Crippen LogP contribution < -0.4 is 4.74 Å². The second-order valence-corrected chi connectivity index (χ2v) is 9.84. The lowest BCUT2D eigenvalue weighted by Gasteiger charge is -2.08. The monoisotopic (exact) mass is 662 g/mol. The third-order valence-electron chi connectivity index (χ3n) is 5.06. The van der Waals surface area contributed by atoms with E-state index in [1.54, 1.807) is 12.1 Å². The number of esters is 1. The number of carbonyl (C=O) groups is 2. The second kappa shape index (κ2) is 10.9. The van der Waals surface area contributed by atoms with Crippen LogP contribution in [0, 0.1) is 7.14 Å². The number of furan rings is 1. The van der Waals surface area contributed by atoms with E-state index in [1.807, 2.05) is 52.1 Å². The minimum atomic E-state index is -0.427. The maximum Gasteiger partial charge on any atom is 0.311 e. The lowest BCUT2D eigenvalue weighted by molar-refractivity contribution is -0.134. The SMILES string of the molecule is CCCCC(=O)Oc1cc2oc(CCCC)c(C(=O)c3cc(I)c(O)c(I)c3)c2cc1O. The van der Waals surface area contributed by atoms with Crippen molar-refractivity contribution in [3.05, 3.63) is 48.3 Å². The van der Waals surface area contributed by atoms with Crippen molar-refractivity contribution in [1.29, 1.82) is 0 Å². The minimum Gasteiger partial charge on any atom is -0.506 e. The summed E-state index contributed by atoms with van der Waals surface area (Å²) in [6.45, 7) is 4.03. The van der Waals surface area contributed by atoms with Gasteiger partial charge in [0.25, 0.3) is 0 Å². The summed E-state index contributed by atoms with van der Waals surface area (Å²) >= 11 is 3.97. The zero-order chi connectivity index (χ0) is 23.4. The van der Waals surface area contributed by atoms with Crippen molar-refractivity contribution in [3.63, 3.8) is 0 Å². The molecule has 3 aromatic rings. The molecule has 1 aromatic heterocycles. The molecule has 0 aliphatic rings. The van der Waals surface area contributed by atoms with Crippen molar-refractivity contribution in [2.45, 2.75) is 52.4 Å². The summed E-state index contributed by atoms with van der Waals surface area (Å²) in [5.74, 6) is -0.227. The van der Waals surface area contributed by atoms with E-state index in [0.29, 0.717) is 47.8 Å². The average Bonchev–Trinajstić information content (AvgIpc) is 3.10. The average molecular weight is 662 g/mol. The predicted octanol–water partition coefficient (Wildman–Crippen LogP) is 6.72. The number of phenolic OH excluding ortho intramolecular Hbond substituents is 2. The molecule has 0 bridgehead atoms. The Morgan fingerprint density at radius 3 is 2.28 bits per heavy atom. The molecule has 6 nitrogen and oxygen atoms in total. The van der Waals surface area contributed by atoms with Crippen molar-refractivity contribution >= 4 is 67.9 Å². The van der Waals surface area contributed by atoms with Crippen molar-refractivity contribution in [3.8, 4) is 17.2 Å². The Hall–Kier alpha value is -1.82. The minimum absolute atomic E-state index is 0.0159. The van der Waals surface area contributed by atoms with Gasteiger partial charge in [0.05, 0.1) is 12.7 Å². The standard InChI is InChI=1S/C24H24I2O6/c1-3-5-7-18-22(23(29)13-9-15(25)24(30)16(26)10-13)14-11-17(27)20(12-19(14)31-18)32-21(28)8-6-4-2/h9-12,27,30H,3-8H2,1-2H3. The third-order valence-corrected chi connectivity index (χ3v) is 6.71. The van der Waals surface area contributed by atoms with Gasteiger partial charge in [-0.3, -0.25) is 9.59 Å². The van der Waals surface area contributed by atoms with Gasteiger partial charge in [-0.25, -0.2) is 0 Å². The molecular formula is C24H24I2O6. The van der Waals surface area contributed by atoms with Gasteiger partial charge in [-0.15, -0.1) is 0 Å². The number of aromatic hydroxyl groups is 2. The summed E-state index contributed by atoms with van der Waals surface area (Å²) in [6, 6.07) is 6.14. The van der Waals surface area contributed by atoms with Gasteiger partial charge in [-0.1, -0.05) is 26.7 Å². The van der Waals surface area contributed by atoms with Gasteiger partial charge in [-0.2, -0.15) is 0 Å². The summed E-state index contributed by atoms with van der Waals surface area (Å²) in [4.78, 5) is 25.5. The molecule has 0 saturated carbocycles. The summed E-state index contributed by atoms with van der Waals surface area (Å²) in [5.41, 5.74) is 1.18. The van der Waals surface area contributed by atoms with Gasteiger partial charge in [0.15, 0.2) is 17.3 Å². The molecule has 0 spiro atoms. The summed E-state index contributed by atoms with van der Waals surface area (Å²) in [6.07, 6.45) is 4.13. The number of phenols is 2. The molecule has 0 unspecified atom stereocenters. The highest BCUT2D eigenvalue weighted by molar-refractivity contribution is 14.1. The number of aryl methyl sites for hydroxylation is 1. The van der Waals surface area contributed by atoms with Gasteiger partial charge >= 0.3 is 5.97 Å². The Morgan fingerprint density at radius 1 is 1.00 bits per heavy atom. The molecule has 2 N–H and O–H groups in total. The Bertz CT molecular complexity index is 1140. The van der Waals surface area contributed by atoms with Gasteiger partial charge < -0.3 is 19.4 Å². The normalized spacial score (nSPS) is 11.1. The number of benzene rings is 2. The Balaban J connectivity index is 2.08. The number of carbonyl (C=O) groups excluding carboxylic acids is 2. The smallest absolute Gasteiger partial charge is 0.311 e. The molecule has 170 valence electrons. The molecule has 0 saturated heterocycles. The highest BCUT2D eigenvalue weighted by Crippen LogP contribution is 2.38. The second-order valence-electron chi connectivity index (χ2n) is 7.52. The maximum absolute atomic E-state index is 13.5.